The van der Waals surface area contributed by atoms with E-state index in [-0.39, 0.29) is 0 Å². The summed E-state index contributed by atoms with van der Waals surface area (Å²) in [6.45, 7) is 0. The van der Waals surface area contributed by atoms with Gasteiger partial charge >= 0.3 is 0 Å². The lowest BCUT2D eigenvalue weighted by atomic mass is 10.2. The molecule has 0 aliphatic carbocycles. The number of rotatable bonds is 2. The minimum Gasteiger partial charge on any atom is -0.619 e. The molecule has 0 unspecified atom stereocenters. The highest BCUT2D eigenvalue weighted by molar-refractivity contribution is 5.08. The van der Waals surface area contributed by atoms with Crippen molar-refractivity contribution in [1.82, 2.24) is 0 Å². The zero-order valence-electron chi connectivity index (χ0n) is 6.03. The molecule has 0 spiro atoms. The van der Waals surface area contributed by atoms with E-state index >= 15 is 0 Å². The van der Waals surface area contributed by atoms with Crippen LogP contribution < -0.4 is 4.73 Å². The summed E-state index contributed by atoms with van der Waals surface area (Å²) < 4.78 is 0.732. The summed E-state index contributed by atoms with van der Waals surface area (Å²) in [5, 5.41) is 18.8. The van der Waals surface area contributed by atoms with Crippen molar-refractivity contribution in [2.24, 2.45) is 0 Å². The zero-order valence-corrected chi connectivity index (χ0v) is 6.03. The molecule has 1 aromatic heterocycles. The number of nitrogens with zero attached hydrogens (tertiary/aromatic N) is 2. The summed E-state index contributed by atoms with van der Waals surface area (Å²) in [5.41, 5.74) is 1.03. The predicted octanol–water partition coefficient (Wildman–Crippen LogP) is 0.776. The first kappa shape index (κ1) is 7.55. The maximum Gasteiger partial charge on any atom is 0.180 e. The lowest BCUT2D eigenvalue weighted by molar-refractivity contribution is -0.605. The Hall–Kier alpha value is -1.56. The molecule has 0 N–H and O–H groups in total. The van der Waals surface area contributed by atoms with Gasteiger partial charge in [-0.3, -0.25) is 0 Å². The van der Waals surface area contributed by atoms with Gasteiger partial charge < -0.3 is 5.21 Å². The first-order chi connectivity index (χ1) is 5.33. The second-order valence-corrected chi connectivity index (χ2v) is 2.22. The van der Waals surface area contributed by atoms with Crippen LogP contribution in [0.5, 0.6) is 0 Å². The molecule has 1 heterocycles. The second-order valence-electron chi connectivity index (χ2n) is 2.22. The van der Waals surface area contributed by atoms with Crippen molar-refractivity contribution in [2.45, 2.75) is 12.8 Å². The van der Waals surface area contributed by atoms with Gasteiger partial charge in [0.25, 0.3) is 0 Å². The normalized spacial score (nSPS) is 9.00. The molecule has 3 heteroatoms. The van der Waals surface area contributed by atoms with E-state index in [1.807, 2.05) is 6.07 Å². The molecule has 0 aliphatic heterocycles. The van der Waals surface area contributed by atoms with Crippen LogP contribution in [0.1, 0.15) is 12.0 Å². The summed E-state index contributed by atoms with van der Waals surface area (Å²) in [4.78, 5) is 0. The molecular weight excluding hydrogens is 140 g/mol. The highest BCUT2D eigenvalue weighted by atomic mass is 16.5. The zero-order chi connectivity index (χ0) is 8.10. The maximum absolute atomic E-state index is 10.5. The predicted molar refractivity (Wildman–Crippen MR) is 39.3 cm³/mol. The van der Waals surface area contributed by atoms with Crippen LogP contribution in [0.4, 0.5) is 0 Å². The van der Waals surface area contributed by atoms with E-state index < -0.39 is 0 Å². The summed E-state index contributed by atoms with van der Waals surface area (Å²) in [6.07, 6.45) is 4.10. The fraction of sp³-hybridized carbons (Fsp3) is 0.250. The van der Waals surface area contributed by atoms with Gasteiger partial charge in [-0.1, -0.05) is 0 Å². The third kappa shape index (κ3) is 2.26. The molecule has 0 radical (unpaired) electrons. The third-order valence-corrected chi connectivity index (χ3v) is 1.40. The molecular formula is C8H8N2O. The Morgan fingerprint density at radius 3 is 2.64 bits per heavy atom. The van der Waals surface area contributed by atoms with Gasteiger partial charge in [0, 0.05) is 18.6 Å². The third-order valence-electron chi connectivity index (χ3n) is 1.40. The van der Waals surface area contributed by atoms with Gasteiger partial charge in [-0.25, -0.2) is 0 Å². The van der Waals surface area contributed by atoms with Crippen molar-refractivity contribution >= 4 is 0 Å². The molecule has 0 fully saturated rings. The molecule has 0 atom stereocenters. The lowest BCUT2D eigenvalue weighted by Crippen LogP contribution is -2.23. The van der Waals surface area contributed by atoms with Crippen LogP contribution in [0.25, 0.3) is 0 Å². The number of aryl methyl sites for hydroxylation is 1. The number of aromatic nitrogens is 1. The summed E-state index contributed by atoms with van der Waals surface area (Å²) in [5.74, 6) is 0. The van der Waals surface area contributed by atoms with Crippen LogP contribution in [0.3, 0.4) is 0 Å². The number of pyridine rings is 1. The SMILES string of the molecule is N#CCCc1cc[n+]([O-])cc1. The van der Waals surface area contributed by atoms with Gasteiger partial charge in [-0.15, -0.1) is 0 Å². The van der Waals surface area contributed by atoms with Gasteiger partial charge in [0.1, 0.15) is 0 Å². The minimum atomic E-state index is 0.503. The van der Waals surface area contributed by atoms with Crippen molar-refractivity contribution in [3.05, 3.63) is 35.3 Å². The molecule has 0 aliphatic rings. The fourth-order valence-electron chi connectivity index (χ4n) is 0.811. The smallest absolute Gasteiger partial charge is 0.180 e. The standard InChI is InChI=1S/C8H8N2O/c9-5-1-2-8-3-6-10(11)7-4-8/h3-4,6-7H,1-2H2. The van der Waals surface area contributed by atoms with E-state index in [1.165, 1.54) is 12.4 Å². The molecule has 0 amide bonds. The Morgan fingerprint density at radius 2 is 2.09 bits per heavy atom. The molecule has 11 heavy (non-hydrogen) atoms. The summed E-state index contributed by atoms with van der Waals surface area (Å²) in [6, 6.07) is 5.50. The first-order valence-corrected chi connectivity index (χ1v) is 3.37. The Labute approximate surface area is 65.1 Å². The van der Waals surface area contributed by atoms with E-state index in [9.17, 15) is 5.21 Å². The quantitative estimate of drug-likeness (QED) is 0.459. The first-order valence-electron chi connectivity index (χ1n) is 3.37. The summed E-state index contributed by atoms with van der Waals surface area (Å²) >= 11 is 0. The highest BCUT2D eigenvalue weighted by Crippen LogP contribution is 1.98. The van der Waals surface area contributed by atoms with Gasteiger partial charge in [0.05, 0.1) is 6.07 Å². The lowest BCUT2D eigenvalue weighted by Gasteiger charge is -1.96. The van der Waals surface area contributed by atoms with E-state index in [0.717, 1.165) is 16.7 Å². The molecule has 0 aromatic carbocycles. The minimum absolute atomic E-state index is 0.503. The van der Waals surface area contributed by atoms with Crippen LogP contribution >= 0.6 is 0 Å². The largest absolute Gasteiger partial charge is 0.619 e. The van der Waals surface area contributed by atoms with E-state index in [4.69, 9.17) is 5.26 Å². The Bertz CT molecular complexity index is 260. The van der Waals surface area contributed by atoms with Crippen LogP contribution in [0.15, 0.2) is 24.5 Å². The van der Waals surface area contributed by atoms with Crippen LogP contribution in [-0.4, -0.2) is 0 Å². The Balaban J connectivity index is 2.60. The number of hydrogen-bond donors (Lipinski definition) is 0. The monoisotopic (exact) mass is 148 g/mol. The van der Waals surface area contributed by atoms with Gasteiger partial charge in [-0.05, 0) is 12.0 Å². The average molecular weight is 148 g/mol. The van der Waals surface area contributed by atoms with Gasteiger partial charge in [0.2, 0.25) is 0 Å². The molecule has 0 saturated carbocycles. The molecule has 56 valence electrons. The molecule has 1 aromatic rings. The van der Waals surface area contributed by atoms with Crippen molar-refractivity contribution in [3.8, 4) is 6.07 Å². The topological polar surface area (TPSA) is 50.7 Å². The van der Waals surface area contributed by atoms with Crippen LogP contribution in [-0.2, 0) is 6.42 Å². The fourth-order valence-corrected chi connectivity index (χ4v) is 0.811. The molecule has 3 nitrogen and oxygen atoms in total. The summed E-state index contributed by atoms with van der Waals surface area (Å²) in [7, 11) is 0. The Morgan fingerprint density at radius 1 is 1.45 bits per heavy atom. The molecule has 0 bridgehead atoms. The second kappa shape index (κ2) is 3.57. The van der Waals surface area contributed by atoms with E-state index in [1.54, 1.807) is 12.1 Å². The van der Waals surface area contributed by atoms with Crippen molar-refractivity contribution < 1.29 is 4.73 Å². The van der Waals surface area contributed by atoms with Crippen molar-refractivity contribution in [2.75, 3.05) is 0 Å². The number of hydrogen-bond acceptors (Lipinski definition) is 2. The maximum atomic E-state index is 10.5. The number of nitriles is 1. The molecule has 0 saturated heterocycles. The van der Waals surface area contributed by atoms with Crippen molar-refractivity contribution in [3.63, 3.8) is 0 Å². The van der Waals surface area contributed by atoms with E-state index in [0.29, 0.717) is 6.42 Å². The highest BCUT2D eigenvalue weighted by Gasteiger charge is 1.93. The average Bonchev–Trinajstić information content (AvgIpc) is 2.04. The Kier molecular flexibility index (Phi) is 2.45. The van der Waals surface area contributed by atoms with Gasteiger partial charge in [-0.2, -0.15) is 9.99 Å². The van der Waals surface area contributed by atoms with Gasteiger partial charge in [0.15, 0.2) is 12.4 Å². The van der Waals surface area contributed by atoms with Crippen molar-refractivity contribution in [1.29, 1.82) is 5.26 Å². The van der Waals surface area contributed by atoms with E-state index in [2.05, 4.69) is 0 Å². The van der Waals surface area contributed by atoms with Crippen LogP contribution in [0, 0.1) is 16.5 Å². The molecule has 1 rings (SSSR count). The van der Waals surface area contributed by atoms with Crippen LogP contribution in [0.2, 0.25) is 0 Å².